The van der Waals surface area contributed by atoms with Gasteiger partial charge in [0.05, 0.1) is 16.0 Å². The van der Waals surface area contributed by atoms with Crippen molar-refractivity contribution in [2.45, 2.75) is 36.0 Å². The summed E-state index contributed by atoms with van der Waals surface area (Å²) in [5.74, 6) is -1.38. The molecule has 4 aromatic rings. The van der Waals surface area contributed by atoms with Crippen molar-refractivity contribution in [3.05, 3.63) is 78.4 Å². The highest BCUT2D eigenvalue weighted by atomic mass is 32.2. The Morgan fingerprint density at radius 2 is 1.61 bits per heavy atom. The summed E-state index contributed by atoms with van der Waals surface area (Å²) >= 11 is 1.50. The Labute approximate surface area is 242 Å². The maximum absolute atomic E-state index is 13.4. The van der Waals surface area contributed by atoms with Gasteiger partial charge in [-0.25, -0.2) is 33.1 Å². The minimum absolute atomic E-state index is 0.0185. The number of nitrogens with zero attached hydrogens (tertiary/aromatic N) is 4. The Balaban J connectivity index is 1.65. The number of carbonyl (C=O) groups is 1. The number of hydrogen-bond donors (Lipinski definition) is 2. The molecule has 2 aromatic carbocycles. The maximum atomic E-state index is 13.4. The lowest BCUT2D eigenvalue weighted by Crippen LogP contribution is -2.17. The summed E-state index contributed by atoms with van der Waals surface area (Å²) in [5.41, 5.74) is 0.976. The van der Waals surface area contributed by atoms with E-state index in [1.165, 1.54) is 36.0 Å². The zero-order valence-corrected chi connectivity index (χ0v) is 24.5. The Hall–Kier alpha value is -4.23. The number of rotatable bonds is 11. The van der Waals surface area contributed by atoms with Crippen LogP contribution in [0.5, 0.6) is 11.9 Å². The molecule has 0 spiro atoms. The molecule has 0 saturated heterocycles. The molecule has 0 saturated carbocycles. The van der Waals surface area contributed by atoms with Gasteiger partial charge in [0.25, 0.3) is 10.0 Å². The van der Waals surface area contributed by atoms with Crippen LogP contribution < -0.4 is 14.2 Å². The number of aromatic nitrogens is 4. The lowest BCUT2D eigenvalue weighted by molar-refractivity contribution is 0.0697. The van der Waals surface area contributed by atoms with Crippen LogP contribution in [0.2, 0.25) is 0 Å². The van der Waals surface area contributed by atoms with Gasteiger partial charge in [-0.2, -0.15) is 0 Å². The van der Waals surface area contributed by atoms with Crippen LogP contribution in [0.25, 0.3) is 11.1 Å². The van der Waals surface area contributed by atoms with Crippen molar-refractivity contribution in [3.63, 3.8) is 0 Å². The molecule has 0 radical (unpaired) electrons. The molecular weight excluding hydrogens is 566 g/mol. The topological polar surface area (TPSA) is 153 Å². The quantitative estimate of drug-likeness (QED) is 0.180. The number of nitrogens with one attached hydrogen (secondary N) is 1. The molecule has 0 amide bonds. The molecule has 2 N–H and O–H groups in total. The zero-order chi connectivity index (χ0) is 29.6. The summed E-state index contributed by atoms with van der Waals surface area (Å²) in [6.07, 6.45) is 6.31. The maximum Gasteiger partial charge on any atom is 0.336 e. The van der Waals surface area contributed by atoms with Crippen LogP contribution in [-0.4, -0.2) is 58.9 Å². The Bertz CT molecular complexity index is 1620. The van der Waals surface area contributed by atoms with Gasteiger partial charge in [-0.3, -0.25) is 4.72 Å². The fourth-order valence-electron chi connectivity index (χ4n) is 3.76. The second kappa shape index (κ2) is 12.5. The van der Waals surface area contributed by atoms with E-state index < -0.39 is 16.0 Å². The third kappa shape index (κ3) is 7.30. The van der Waals surface area contributed by atoms with Crippen molar-refractivity contribution in [3.8, 4) is 23.0 Å². The van der Waals surface area contributed by atoms with E-state index in [0.29, 0.717) is 0 Å². The molecule has 41 heavy (non-hydrogen) atoms. The molecule has 0 aliphatic heterocycles. The van der Waals surface area contributed by atoms with E-state index >= 15 is 0 Å². The summed E-state index contributed by atoms with van der Waals surface area (Å²) in [6, 6.07) is 12.8. The summed E-state index contributed by atoms with van der Waals surface area (Å²) in [4.78, 5) is 29.5. The molecule has 2 aromatic heterocycles. The first-order valence-electron chi connectivity index (χ1n) is 12.4. The number of benzene rings is 2. The second-order valence-corrected chi connectivity index (χ2v) is 12.3. The minimum Gasteiger partial charge on any atom is -0.478 e. The van der Waals surface area contributed by atoms with E-state index in [0.717, 1.165) is 16.8 Å². The van der Waals surface area contributed by atoms with Gasteiger partial charge in [0.2, 0.25) is 5.88 Å². The fraction of sp³-hybridized carbons (Fsp3) is 0.250. The van der Waals surface area contributed by atoms with Gasteiger partial charge in [0, 0.05) is 22.9 Å². The Morgan fingerprint density at radius 3 is 2.24 bits per heavy atom. The lowest BCUT2D eigenvalue weighted by atomic mass is 9.87. The largest absolute Gasteiger partial charge is 0.478 e. The summed E-state index contributed by atoms with van der Waals surface area (Å²) in [7, 11) is -4.11. The fourth-order valence-corrected chi connectivity index (χ4v) is 5.10. The van der Waals surface area contributed by atoms with Crippen LogP contribution in [-0.2, 0) is 15.4 Å². The molecule has 214 valence electrons. The summed E-state index contributed by atoms with van der Waals surface area (Å²) < 4.78 is 40.6. The van der Waals surface area contributed by atoms with Crippen LogP contribution in [0.4, 0.5) is 5.82 Å². The number of ether oxygens (including phenoxy) is 2. The number of carboxylic acids is 1. The van der Waals surface area contributed by atoms with Gasteiger partial charge in [-0.05, 0) is 35.4 Å². The van der Waals surface area contributed by atoms with Crippen LogP contribution in [0.3, 0.4) is 0 Å². The highest BCUT2D eigenvalue weighted by Crippen LogP contribution is 2.37. The van der Waals surface area contributed by atoms with Gasteiger partial charge in [-0.1, -0.05) is 51.1 Å². The number of aromatic carboxylic acids is 1. The van der Waals surface area contributed by atoms with Crippen molar-refractivity contribution in [2.24, 2.45) is 0 Å². The third-order valence-electron chi connectivity index (χ3n) is 5.89. The molecule has 2 heterocycles. The van der Waals surface area contributed by atoms with Gasteiger partial charge in [0.15, 0.2) is 5.82 Å². The van der Waals surface area contributed by atoms with Crippen molar-refractivity contribution >= 4 is 33.6 Å². The number of carboxylic acid groups (broad SMARTS) is 1. The number of thioether (sulfide) groups is 1. The zero-order valence-electron chi connectivity index (χ0n) is 22.9. The molecule has 0 bridgehead atoms. The van der Waals surface area contributed by atoms with Crippen molar-refractivity contribution < 1.29 is 27.8 Å². The van der Waals surface area contributed by atoms with Crippen LogP contribution in [0, 0.1) is 0 Å². The van der Waals surface area contributed by atoms with E-state index in [1.807, 2.05) is 27.0 Å². The van der Waals surface area contributed by atoms with Gasteiger partial charge < -0.3 is 14.6 Å². The minimum atomic E-state index is -4.11. The first kappa shape index (κ1) is 29.7. The lowest BCUT2D eigenvalue weighted by Gasteiger charge is -2.19. The molecule has 4 rings (SSSR count). The first-order chi connectivity index (χ1) is 19.5. The standard InChI is InChI=1S/C28H29N5O6S2/c1-28(2,3)18-9-11-20(12-10-18)41(36,37)33-24-23(21-7-5-6-8-22(21)26(34)35)25(32-17-31-24)38-13-14-39-27-29-15-19(40-4)16-30-27/h5-12,15-17H,13-14H2,1-4H3,(H,34,35)(H,31,32,33). The smallest absolute Gasteiger partial charge is 0.336 e. The molecule has 0 aliphatic carbocycles. The summed E-state index contributed by atoms with van der Waals surface area (Å²) in [5, 5.41) is 9.83. The van der Waals surface area contributed by atoms with Crippen LogP contribution in [0.1, 0.15) is 36.7 Å². The van der Waals surface area contributed by atoms with E-state index in [4.69, 9.17) is 9.47 Å². The Kier molecular flexibility index (Phi) is 9.08. The number of hydrogen-bond acceptors (Lipinski definition) is 10. The highest BCUT2D eigenvalue weighted by molar-refractivity contribution is 7.98. The first-order valence-corrected chi connectivity index (χ1v) is 15.1. The van der Waals surface area contributed by atoms with Crippen molar-refractivity contribution in [1.82, 2.24) is 19.9 Å². The molecule has 11 nitrogen and oxygen atoms in total. The normalized spacial score (nSPS) is 11.6. The predicted molar refractivity (Wildman–Crippen MR) is 155 cm³/mol. The average Bonchev–Trinajstić information content (AvgIpc) is 2.95. The predicted octanol–water partition coefficient (Wildman–Crippen LogP) is 4.91. The van der Waals surface area contributed by atoms with Gasteiger partial charge in [-0.15, -0.1) is 11.8 Å². The number of sulfonamides is 1. The van der Waals surface area contributed by atoms with E-state index in [2.05, 4.69) is 24.7 Å². The Morgan fingerprint density at radius 1 is 0.951 bits per heavy atom. The van der Waals surface area contributed by atoms with Crippen LogP contribution in [0.15, 0.2) is 77.0 Å². The highest BCUT2D eigenvalue weighted by Gasteiger charge is 2.25. The SMILES string of the molecule is CSc1cnc(OCCOc2ncnc(NS(=O)(=O)c3ccc(C(C)(C)C)cc3)c2-c2ccccc2C(=O)O)nc1. The van der Waals surface area contributed by atoms with E-state index in [1.54, 1.807) is 36.7 Å². The van der Waals surface area contributed by atoms with Gasteiger partial charge in [0.1, 0.15) is 19.5 Å². The van der Waals surface area contributed by atoms with Crippen LogP contribution >= 0.6 is 11.8 Å². The third-order valence-corrected chi connectivity index (χ3v) is 7.93. The molecular formula is C28H29N5O6S2. The van der Waals surface area contributed by atoms with E-state index in [-0.39, 0.29) is 57.9 Å². The second-order valence-electron chi connectivity index (χ2n) is 9.74. The molecule has 0 atom stereocenters. The summed E-state index contributed by atoms with van der Waals surface area (Å²) in [6.45, 7) is 6.12. The van der Waals surface area contributed by atoms with Crippen molar-refractivity contribution in [2.75, 3.05) is 24.2 Å². The number of anilines is 1. The van der Waals surface area contributed by atoms with Crippen molar-refractivity contribution in [1.29, 1.82) is 0 Å². The van der Waals surface area contributed by atoms with Gasteiger partial charge >= 0.3 is 12.0 Å². The van der Waals surface area contributed by atoms with E-state index in [9.17, 15) is 18.3 Å². The molecule has 0 unspecified atom stereocenters. The average molecular weight is 596 g/mol. The molecule has 0 aliphatic rings. The molecule has 13 heteroatoms. The molecule has 0 fully saturated rings. The monoisotopic (exact) mass is 595 g/mol.